The van der Waals surface area contributed by atoms with Gasteiger partial charge in [0.25, 0.3) is 0 Å². The average Bonchev–Trinajstić information content (AvgIpc) is 2.93. The Morgan fingerprint density at radius 2 is 1.96 bits per heavy atom. The van der Waals surface area contributed by atoms with Crippen molar-refractivity contribution in [2.75, 3.05) is 31.0 Å². The molecule has 0 bridgehead atoms. The van der Waals surface area contributed by atoms with Gasteiger partial charge in [-0.05, 0) is 37.7 Å². The maximum atomic E-state index is 11.2. The Morgan fingerprint density at radius 1 is 1.19 bits per heavy atom. The van der Waals surface area contributed by atoms with Crippen LogP contribution >= 0.6 is 0 Å². The summed E-state index contributed by atoms with van der Waals surface area (Å²) in [6.07, 6.45) is 7.36. The van der Waals surface area contributed by atoms with Gasteiger partial charge in [0.15, 0.2) is 5.82 Å². The van der Waals surface area contributed by atoms with Crippen molar-refractivity contribution < 1.29 is 13.2 Å². The third-order valence-electron chi connectivity index (χ3n) is 4.80. The number of aromatic nitrogens is 3. The first-order chi connectivity index (χ1) is 12.4. The number of nitrogens with two attached hydrogens (primary N) is 1. The molecule has 0 fully saturated rings. The summed E-state index contributed by atoms with van der Waals surface area (Å²) in [5.41, 5.74) is 10.5. The molecule has 2 heterocycles. The first-order valence-electron chi connectivity index (χ1n) is 9.32. The smallest absolute Gasteiger partial charge is 0.151 e. The van der Waals surface area contributed by atoms with Crippen molar-refractivity contribution in [1.29, 1.82) is 0 Å². The average molecular weight is 381 g/mol. The highest BCUT2D eigenvalue weighted by molar-refractivity contribution is 7.90. The number of fused-ring (bicyclic) bond motifs is 3. The van der Waals surface area contributed by atoms with Crippen molar-refractivity contribution >= 4 is 26.7 Å². The second-order valence-electron chi connectivity index (χ2n) is 7.00. The lowest BCUT2D eigenvalue weighted by Crippen LogP contribution is -2.16. The quantitative estimate of drug-likeness (QED) is 0.702. The first kappa shape index (κ1) is 19.1. The highest BCUT2D eigenvalue weighted by atomic mass is 32.2. The van der Waals surface area contributed by atoms with E-state index in [1.54, 1.807) is 0 Å². The normalized spacial score (nSPS) is 14.7. The van der Waals surface area contributed by atoms with E-state index in [4.69, 9.17) is 15.5 Å². The van der Waals surface area contributed by atoms with Crippen LogP contribution in [0, 0.1) is 0 Å². The van der Waals surface area contributed by atoms with Crippen LogP contribution in [0.2, 0.25) is 0 Å². The zero-order valence-electron chi connectivity index (χ0n) is 15.6. The molecule has 7 nitrogen and oxygen atoms in total. The van der Waals surface area contributed by atoms with Gasteiger partial charge in [0.05, 0.1) is 24.5 Å². The van der Waals surface area contributed by atoms with Crippen molar-refractivity contribution in [1.82, 2.24) is 14.5 Å². The number of rotatable bonds is 8. The van der Waals surface area contributed by atoms with Gasteiger partial charge in [-0.25, -0.2) is 18.4 Å². The van der Waals surface area contributed by atoms with E-state index in [1.165, 1.54) is 11.8 Å². The van der Waals surface area contributed by atoms with E-state index in [-0.39, 0.29) is 12.4 Å². The van der Waals surface area contributed by atoms with Crippen molar-refractivity contribution in [2.45, 2.75) is 52.0 Å². The van der Waals surface area contributed by atoms with Gasteiger partial charge in [-0.15, -0.1) is 0 Å². The van der Waals surface area contributed by atoms with Crippen LogP contribution in [0.3, 0.4) is 0 Å². The SMILES string of the molecule is CCCc1nc2c(N)nc3c(c2n1CCOCCS(C)(=O)=O)CCCC3. The van der Waals surface area contributed by atoms with Crippen molar-refractivity contribution in [3.05, 3.63) is 17.1 Å². The number of ether oxygens (including phenoxy) is 1. The molecule has 26 heavy (non-hydrogen) atoms. The molecular formula is C18H28N4O3S. The van der Waals surface area contributed by atoms with Crippen LogP contribution in [-0.2, 0) is 40.4 Å². The van der Waals surface area contributed by atoms with Crippen molar-refractivity contribution in [3.63, 3.8) is 0 Å². The van der Waals surface area contributed by atoms with Gasteiger partial charge < -0.3 is 15.0 Å². The zero-order chi connectivity index (χ0) is 18.7. The van der Waals surface area contributed by atoms with Crippen LogP contribution in [-0.4, -0.2) is 48.2 Å². The van der Waals surface area contributed by atoms with Crippen molar-refractivity contribution in [2.24, 2.45) is 0 Å². The third-order valence-corrected chi connectivity index (χ3v) is 5.71. The topological polar surface area (TPSA) is 100 Å². The fraction of sp³-hybridized carbons (Fsp3) is 0.667. The van der Waals surface area contributed by atoms with E-state index in [0.717, 1.165) is 61.1 Å². The number of hydrogen-bond donors (Lipinski definition) is 1. The number of nitrogens with zero attached hydrogens (tertiary/aromatic N) is 3. The van der Waals surface area contributed by atoms with Crippen LogP contribution in [0.1, 0.15) is 43.3 Å². The van der Waals surface area contributed by atoms with Crippen LogP contribution in [0.25, 0.3) is 11.0 Å². The van der Waals surface area contributed by atoms with Gasteiger partial charge in [0.1, 0.15) is 21.2 Å². The Morgan fingerprint density at radius 3 is 2.69 bits per heavy atom. The van der Waals surface area contributed by atoms with Crippen LogP contribution in [0.15, 0.2) is 0 Å². The molecule has 0 saturated carbocycles. The minimum absolute atomic E-state index is 0.0474. The third kappa shape index (κ3) is 4.17. The molecule has 3 rings (SSSR count). The highest BCUT2D eigenvalue weighted by Crippen LogP contribution is 2.31. The number of imidazole rings is 1. The predicted molar refractivity (Wildman–Crippen MR) is 103 cm³/mol. The molecule has 144 valence electrons. The summed E-state index contributed by atoms with van der Waals surface area (Å²) in [6, 6.07) is 0. The Bertz CT molecular complexity index is 890. The van der Waals surface area contributed by atoms with Crippen molar-refractivity contribution in [3.8, 4) is 0 Å². The molecule has 0 saturated heterocycles. The van der Waals surface area contributed by atoms with Gasteiger partial charge in [-0.1, -0.05) is 6.92 Å². The van der Waals surface area contributed by atoms with Crippen LogP contribution < -0.4 is 5.73 Å². The van der Waals surface area contributed by atoms with E-state index in [9.17, 15) is 8.42 Å². The minimum Gasteiger partial charge on any atom is -0.382 e. The van der Waals surface area contributed by atoms with Gasteiger partial charge >= 0.3 is 0 Å². The number of anilines is 1. The number of aryl methyl sites for hydroxylation is 3. The fourth-order valence-electron chi connectivity index (χ4n) is 3.57. The van der Waals surface area contributed by atoms with Gasteiger partial charge in [0, 0.05) is 24.9 Å². The lowest BCUT2D eigenvalue weighted by molar-refractivity contribution is 0.140. The fourth-order valence-corrected chi connectivity index (χ4v) is 3.99. The summed E-state index contributed by atoms with van der Waals surface area (Å²) in [7, 11) is -3.00. The summed E-state index contributed by atoms with van der Waals surface area (Å²) >= 11 is 0. The summed E-state index contributed by atoms with van der Waals surface area (Å²) < 4.78 is 30.2. The molecule has 0 atom stereocenters. The molecule has 0 unspecified atom stereocenters. The summed E-state index contributed by atoms with van der Waals surface area (Å²) in [5.74, 6) is 1.56. The lowest BCUT2D eigenvalue weighted by atomic mass is 9.95. The Kier molecular flexibility index (Phi) is 5.82. The molecular weight excluding hydrogens is 352 g/mol. The Labute approximate surface area is 154 Å². The molecule has 0 radical (unpaired) electrons. The molecule has 1 aliphatic carbocycles. The number of hydrogen-bond acceptors (Lipinski definition) is 6. The maximum Gasteiger partial charge on any atom is 0.151 e. The first-order valence-corrected chi connectivity index (χ1v) is 11.4. The summed E-state index contributed by atoms with van der Waals surface area (Å²) in [5, 5.41) is 0. The maximum absolute atomic E-state index is 11.2. The van der Waals surface area contributed by atoms with E-state index in [1.807, 2.05) is 0 Å². The molecule has 2 aromatic heterocycles. The number of sulfone groups is 1. The summed E-state index contributed by atoms with van der Waals surface area (Å²) in [4.78, 5) is 9.37. The van der Waals surface area contributed by atoms with E-state index in [2.05, 4.69) is 16.5 Å². The van der Waals surface area contributed by atoms with Gasteiger partial charge in [0.2, 0.25) is 0 Å². The van der Waals surface area contributed by atoms with E-state index < -0.39 is 9.84 Å². The Balaban J connectivity index is 1.89. The molecule has 1 aliphatic rings. The zero-order valence-corrected chi connectivity index (χ0v) is 16.4. The highest BCUT2D eigenvalue weighted by Gasteiger charge is 2.22. The molecule has 0 aromatic carbocycles. The van der Waals surface area contributed by atoms with Gasteiger partial charge in [-0.2, -0.15) is 0 Å². The standard InChI is InChI=1S/C18H28N4O3S/c1-3-6-15-21-16-17(13-7-4-5-8-14(13)20-18(16)19)22(15)9-10-25-11-12-26(2,23)24/h3-12H2,1-2H3,(H2,19,20). The van der Waals surface area contributed by atoms with E-state index >= 15 is 0 Å². The largest absolute Gasteiger partial charge is 0.382 e. The second kappa shape index (κ2) is 7.92. The predicted octanol–water partition coefficient (Wildman–Crippen LogP) is 1.91. The van der Waals surface area contributed by atoms with Crippen LogP contribution in [0.4, 0.5) is 5.82 Å². The Hall–Kier alpha value is -1.67. The van der Waals surface area contributed by atoms with Gasteiger partial charge in [-0.3, -0.25) is 0 Å². The molecule has 0 amide bonds. The monoisotopic (exact) mass is 380 g/mol. The molecule has 8 heteroatoms. The minimum atomic E-state index is -3.00. The molecule has 0 spiro atoms. The van der Waals surface area contributed by atoms with E-state index in [0.29, 0.717) is 19.0 Å². The number of pyridine rings is 1. The molecule has 2 aromatic rings. The second-order valence-corrected chi connectivity index (χ2v) is 9.26. The lowest BCUT2D eigenvalue weighted by Gasteiger charge is -2.18. The molecule has 0 aliphatic heterocycles. The molecule has 2 N–H and O–H groups in total. The van der Waals surface area contributed by atoms with Crippen LogP contribution in [0.5, 0.6) is 0 Å². The number of nitrogen functional groups attached to an aromatic ring is 1. The summed E-state index contributed by atoms with van der Waals surface area (Å²) in [6.45, 7) is 3.44.